The summed E-state index contributed by atoms with van der Waals surface area (Å²) in [4.78, 5) is 10.7. The maximum atomic E-state index is 10.7. The van der Waals surface area contributed by atoms with Crippen LogP contribution in [-0.2, 0) is 4.79 Å². The Kier molecular flexibility index (Phi) is 14.5. The third-order valence-electron chi connectivity index (χ3n) is 2.08. The highest BCUT2D eigenvalue weighted by molar-refractivity contribution is 5.80. The second kappa shape index (κ2) is 13.2. The first-order valence-electron chi connectivity index (χ1n) is 5.96. The molecule has 0 amide bonds. The van der Waals surface area contributed by atoms with Gasteiger partial charge in [-0.1, -0.05) is 38.2 Å². The lowest BCUT2D eigenvalue weighted by Gasteiger charge is -1.95. The standard InChI is InChI=1S/C8H12O.C4H8.C2H6/c1-2-3-7-4-5-8(9)6-7;1-3-4-2;1-2/h2-3,7H,4-6H2,1H3;3-4H,1-2H3;1-2H3/b3-2+;4-3-;/t7-;;/m0../s1. The van der Waals surface area contributed by atoms with Crippen LogP contribution in [0.5, 0.6) is 0 Å². The van der Waals surface area contributed by atoms with Gasteiger partial charge in [-0.05, 0) is 33.1 Å². The second-order valence-electron chi connectivity index (χ2n) is 3.23. The molecule has 0 saturated heterocycles. The summed E-state index contributed by atoms with van der Waals surface area (Å²) in [6, 6.07) is 0. The maximum absolute atomic E-state index is 10.7. The van der Waals surface area contributed by atoms with Crippen molar-refractivity contribution in [3.05, 3.63) is 24.3 Å². The average molecular weight is 210 g/mol. The van der Waals surface area contributed by atoms with Gasteiger partial charge in [-0.15, -0.1) is 0 Å². The van der Waals surface area contributed by atoms with Crippen LogP contribution in [0.15, 0.2) is 24.3 Å². The van der Waals surface area contributed by atoms with Crippen molar-refractivity contribution in [2.24, 2.45) is 5.92 Å². The molecule has 1 rings (SSSR count). The summed E-state index contributed by atoms with van der Waals surface area (Å²) in [5, 5.41) is 0. The van der Waals surface area contributed by atoms with E-state index in [1.807, 2.05) is 52.8 Å². The molecular weight excluding hydrogens is 184 g/mol. The van der Waals surface area contributed by atoms with Gasteiger partial charge in [0.25, 0.3) is 0 Å². The Morgan fingerprint density at radius 3 is 1.87 bits per heavy atom. The first kappa shape index (κ1) is 16.6. The van der Waals surface area contributed by atoms with Gasteiger partial charge in [0.1, 0.15) is 5.78 Å². The van der Waals surface area contributed by atoms with Crippen molar-refractivity contribution >= 4 is 5.78 Å². The number of allylic oxidation sites excluding steroid dienone is 4. The van der Waals surface area contributed by atoms with Crippen molar-refractivity contribution in [3.8, 4) is 0 Å². The second-order valence-corrected chi connectivity index (χ2v) is 3.23. The van der Waals surface area contributed by atoms with E-state index in [1.165, 1.54) is 0 Å². The molecule has 0 unspecified atom stereocenters. The van der Waals surface area contributed by atoms with Crippen molar-refractivity contribution in [1.29, 1.82) is 0 Å². The van der Waals surface area contributed by atoms with Crippen LogP contribution < -0.4 is 0 Å². The maximum Gasteiger partial charge on any atom is 0.133 e. The summed E-state index contributed by atoms with van der Waals surface area (Å²) in [7, 11) is 0. The van der Waals surface area contributed by atoms with Gasteiger partial charge in [-0.2, -0.15) is 0 Å². The van der Waals surface area contributed by atoms with Gasteiger partial charge in [0.05, 0.1) is 0 Å². The van der Waals surface area contributed by atoms with E-state index in [1.54, 1.807) is 0 Å². The van der Waals surface area contributed by atoms with E-state index in [9.17, 15) is 4.79 Å². The Hall–Kier alpha value is -0.850. The van der Waals surface area contributed by atoms with E-state index in [0.29, 0.717) is 11.7 Å². The van der Waals surface area contributed by atoms with Crippen molar-refractivity contribution in [3.63, 3.8) is 0 Å². The van der Waals surface area contributed by atoms with Crippen LogP contribution in [0, 0.1) is 5.92 Å². The lowest BCUT2D eigenvalue weighted by Crippen LogP contribution is -1.89. The minimum atomic E-state index is 0.429. The van der Waals surface area contributed by atoms with E-state index in [2.05, 4.69) is 6.08 Å². The molecule has 1 fully saturated rings. The smallest absolute Gasteiger partial charge is 0.133 e. The fourth-order valence-electron chi connectivity index (χ4n) is 1.28. The monoisotopic (exact) mass is 210 g/mol. The molecule has 0 bridgehead atoms. The summed E-state index contributed by atoms with van der Waals surface area (Å²) in [6.07, 6.45) is 10.8. The van der Waals surface area contributed by atoms with Crippen LogP contribution in [0.4, 0.5) is 0 Å². The van der Waals surface area contributed by atoms with Crippen LogP contribution in [0.1, 0.15) is 53.9 Å². The molecule has 1 nitrogen and oxygen atoms in total. The predicted octanol–water partition coefficient (Wildman–Crippen LogP) is 4.54. The van der Waals surface area contributed by atoms with Crippen LogP contribution in [0.25, 0.3) is 0 Å². The van der Waals surface area contributed by atoms with Crippen molar-refractivity contribution < 1.29 is 4.79 Å². The summed E-state index contributed by atoms with van der Waals surface area (Å²) >= 11 is 0. The zero-order chi connectivity index (χ0) is 12.1. The SMILES string of the molecule is C/C=C/[C@H]1CCC(=O)C1.C/C=C\C.CC. The zero-order valence-electron chi connectivity index (χ0n) is 10.9. The average Bonchev–Trinajstić information content (AvgIpc) is 2.68. The number of hydrogen-bond donors (Lipinski definition) is 0. The summed E-state index contributed by atoms with van der Waals surface area (Å²) in [5.41, 5.74) is 0. The van der Waals surface area contributed by atoms with Gasteiger partial charge in [-0.25, -0.2) is 0 Å². The highest BCUT2D eigenvalue weighted by Gasteiger charge is 2.18. The molecule has 15 heavy (non-hydrogen) atoms. The quantitative estimate of drug-likeness (QED) is 0.581. The van der Waals surface area contributed by atoms with Crippen molar-refractivity contribution in [1.82, 2.24) is 0 Å². The molecule has 0 N–H and O–H groups in total. The lowest BCUT2D eigenvalue weighted by atomic mass is 10.1. The van der Waals surface area contributed by atoms with E-state index < -0.39 is 0 Å². The summed E-state index contributed by atoms with van der Waals surface area (Å²) < 4.78 is 0. The summed E-state index contributed by atoms with van der Waals surface area (Å²) in [5.74, 6) is 0.987. The number of carbonyl (C=O) groups is 1. The predicted molar refractivity (Wildman–Crippen MR) is 69.0 cm³/mol. The van der Waals surface area contributed by atoms with Gasteiger partial charge in [-0.3, -0.25) is 4.79 Å². The van der Waals surface area contributed by atoms with E-state index in [-0.39, 0.29) is 0 Å². The molecule has 1 saturated carbocycles. The van der Waals surface area contributed by atoms with Gasteiger partial charge in [0, 0.05) is 12.8 Å². The van der Waals surface area contributed by atoms with Crippen molar-refractivity contribution in [2.45, 2.75) is 53.9 Å². The highest BCUT2D eigenvalue weighted by atomic mass is 16.1. The highest BCUT2D eigenvalue weighted by Crippen LogP contribution is 2.22. The number of ketones is 1. The zero-order valence-corrected chi connectivity index (χ0v) is 10.9. The Balaban J connectivity index is 0. The molecule has 0 radical (unpaired) electrons. The van der Waals surface area contributed by atoms with Crippen LogP contribution in [0.3, 0.4) is 0 Å². The largest absolute Gasteiger partial charge is 0.300 e. The molecule has 1 aliphatic carbocycles. The fraction of sp³-hybridized carbons (Fsp3) is 0.643. The topological polar surface area (TPSA) is 17.1 Å². The van der Waals surface area contributed by atoms with Crippen LogP contribution in [-0.4, -0.2) is 5.78 Å². The molecule has 88 valence electrons. The Morgan fingerprint density at radius 2 is 1.60 bits per heavy atom. The Labute approximate surface area is 95.3 Å². The molecule has 0 aliphatic heterocycles. The molecular formula is C14H26O. The van der Waals surface area contributed by atoms with Crippen LogP contribution in [0.2, 0.25) is 0 Å². The molecule has 0 aromatic carbocycles. The van der Waals surface area contributed by atoms with E-state index >= 15 is 0 Å². The summed E-state index contributed by atoms with van der Waals surface area (Å²) in [6.45, 7) is 10.0. The first-order valence-corrected chi connectivity index (χ1v) is 5.96. The molecule has 0 heterocycles. The van der Waals surface area contributed by atoms with Gasteiger partial charge in [0.2, 0.25) is 0 Å². The van der Waals surface area contributed by atoms with Gasteiger partial charge < -0.3 is 0 Å². The normalized spacial score (nSPS) is 19.8. The van der Waals surface area contributed by atoms with Crippen LogP contribution >= 0.6 is 0 Å². The first-order chi connectivity index (χ1) is 7.24. The Bertz CT molecular complexity index is 186. The lowest BCUT2D eigenvalue weighted by molar-refractivity contribution is -0.117. The molecule has 1 heteroatoms. The van der Waals surface area contributed by atoms with Crippen molar-refractivity contribution in [2.75, 3.05) is 0 Å². The number of Topliss-reactive ketones (excluding diaryl/α,β-unsaturated/α-hetero) is 1. The Morgan fingerprint density at radius 1 is 1.07 bits per heavy atom. The minimum Gasteiger partial charge on any atom is -0.300 e. The number of carbonyl (C=O) groups excluding carboxylic acids is 1. The third kappa shape index (κ3) is 11.1. The molecule has 0 aromatic rings. The van der Waals surface area contributed by atoms with E-state index in [0.717, 1.165) is 19.3 Å². The molecule has 1 aliphatic rings. The minimum absolute atomic E-state index is 0.429. The fourth-order valence-corrected chi connectivity index (χ4v) is 1.28. The number of rotatable bonds is 1. The number of hydrogen-bond acceptors (Lipinski definition) is 1. The molecule has 0 aromatic heterocycles. The van der Waals surface area contributed by atoms with Gasteiger partial charge >= 0.3 is 0 Å². The molecule has 0 spiro atoms. The third-order valence-corrected chi connectivity index (χ3v) is 2.08. The van der Waals surface area contributed by atoms with E-state index in [4.69, 9.17) is 0 Å². The molecule has 1 atom stereocenters. The van der Waals surface area contributed by atoms with Gasteiger partial charge in [0.15, 0.2) is 0 Å².